The molecule has 1 heterocycles. The van der Waals surface area contributed by atoms with Crippen LogP contribution in [0.1, 0.15) is 40.0 Å². The molecule has 1 unspecified atom stereocenters. The number of carbonyl (C=O) groups is 2. The Hall–Kier alpha value is -1.14. The van der Waals surface area contributed by atoms with Gasteiger partial charge in [0, 0.05) is 19.6 Å². The van der Waals surface area contributed by atoms with Crippen molar-refractivity contribution < 1.29 is 19.4 Å². The second-order valence-electron chi connectivity index (χ2n) is 5.71. The zero-order valence-corrected chi connectivity index (χ0v) is 12.6. The number of amides is 1. The quantitative estimate of drug-likeness (QED) is 0.615. The summed E-state index contributed by atoms with van der Waals surface area (Å²) in [7, 11) is 0. The second-order valence-corrected chi connectivity index (χ2v) is 5.71. The molecule has 0 aliphatic carbocycles. The van der Waals surface area contributed by atoms with E-state index in [-0.39, 0.29) is 18.6 Å². The number of ether oxygens (including phenoxy) is 1. The highest BCUT2D eigenvalue weighted by Crippen LogP contribution is 2.26. The Bertz CT molecular complexity index is 340. The van der Waals surface area contributed by atoms with Crippen molar-refractivity contribution >= 4 is 11.9 Å². The van der Waals surface area contributed by atoms with Crippen molar-refractivity contribution in [3.8, 4) is 0 Å². The van der Waals surface area contributed by atoms with Crippen molar-refractivity contribution in [2.75, 3.05) is 26.2 Å². The number of unbranched alkanes of at least 4 members (excludes halogenated alkanes) is 2. The van der Waals surface area contributed by atoms with E-state index in [2.05, 4.69) is 12.2 Å². The first-order valence-electron chi connectivity index (χ1n) is 7.25. The standard InChI is InChI=1S/C14H26N2O4/c1-4-5-6-7-15-13(19)11(2)16-9-14(3,10-16)20-8-12(17)18/h11H,4-10H2,1-3H3,(H,15,19)(H,17,18). The van der Waals surface area contributed by atoms with E-state index in [1.165, 1.54) is 0 Å². The summed E-state index contributed by atoms with van der Waals surface area (Å²) in [6.07, 6.45) is 3.27. The number of carboxylic acid groups (broad SMARTS) is 1. The lowest BCUT2D eigenvalue weighted by atomic mass is 9.94. The van der Waals surface area contributed by atoms with Crippen molar-refractivity contribution in [3.05, 3.63) is 0 Å². The lowest BCUT2D eigenvalue weighted by Crippen LogP contribution is -2.66. The molecule has 1 aliphatic heterocycles. The largest absolute Gasteiger partial charge is 0.480 e. The minimum absolute atomic E-state index is 0.0291. The lowest BCUT2D eigenvalue weighted by Gasteiger charge is -2.49. The number of hydrogen-bond acceptors (Lipinski definition) is 4. The molecule has 20 heavy (non-hydrogen) atoms. The maximum Gasteiger partial charge on any atom is 0.329 e. The van der Waals surface area contributed by atoms with Gasteiger partial charge in [0.2, 0.25) is 5.91 Å². The highest BCUT2D eigenvalue weighted by atomic mass is 16.5. The van der Waals surface area contributed by atoms with Gasteiger partial charge in [0.15, 0.2) is 0 Å². The summed E-state index contributed by atoms with van der Waals surface area (Å²) in [6, 6.07) is -0.196. The van der Waals surface area contributed by atoms with Gasteiger partial charge in [-0.25, -0.2) is 4.79 Å². The van der Waals surface area contributed by atoms with Crippen LogP contribution in [0.2, 0.25) is 0 Å². The molecular weight excluding hydrogens is 260 g/mol. The molecule has 0 saturated carbocycles. The highest BCUT2D eigenvalue weighted by Gasteiger charge is 2.43. The third kappa shape index (κ3) is 5.09. The van der Waals surface area contributed by atoms with Crippen LogP contribution >= 0.6 is 0 Å². The molecule has 0 spiro atoms. The fourth-order valence-corrected chi connectivity index (χ4v) is 2.31. The van der Waals surface area contributed by atoms with Crippen molar-refractivity contribution in [1.82, 2.24) is 10.2 Å². The number of carboxylic acids is 1. The van der Waals surface area contributed by atoms with Crippen LogP contribution in [-0.4, -0.2) is 59.8 Å². The second kappa shape index (κ2) is 7.59. The van der Waals surface area contributed by atoms with Crippen LogP contribution in [0.5, 0.6) is 0 Å². The zero-order valence-electron chi connectivity index (χ0n) is 12.6. The van der Waals surface area contributed by atoms with E-state index >= 15 is 0 Å². The Morgan fingerprint density at radius 2 is 2.05 bits per heavy atom. The monoisotopic (exact) mass is 286 g/mol. The molecule has 1 atom stereocenters. The first kappa shape index (κ1) is 16.9. The molecule has 0 aromatic heterocycles. The normalized spacial score (nSPS) is 19.1. The van der Waals surface area contributed by atoms with Gasteiger partial charge in [0.05, 0.1) is 11.6 Å². The summed E-state index contributed by atoms with van der Waals surface area (Å²) in [5.41, 5.74) is -0.449. The van der Waals surface area contributed by atoms with Gasteiger partial charge in [-0.3, -0.25) is 9.69 Å². The Morgan fingerprint density at radius 3 is 2.60 bits per heavy atom. The maximum atomic E-state index is 11.9. The Morgan fingerprint density at radius 1 is 1.40 bits per heavy atom. The number of hydrogen-bond donors (Lipinski definition) is 2. The molecule has 1 fully saturated rings. The Balaban J connectivity index is 2.24. The van der Waals surface area contributed by atoms with Crippen LogP contribution < -0.4 is 5.32 Å². The van der Waals surface area contributed by atoms with Gasteiger partial charge >= 0.3 is 5.97 Å². The average Bonchev–Trinajstić information content (AvgIpc) is 2.37. The predicted molar refractivity (Wildman–Crippen MR) is 75.6 cm³/mol. The molecule has 116 valence electrons. The van der Waals surface area contributed by atoms with E-state index in [1.807, 2.05) is 18.7 Å². The van der Waals surface area contributed by atoms with Crippen LogP contribution in [0.25, 0.3) is 0 Å². The number of likely N-dealkylation sites (tertiary alicyclic amines) is 1. The Kier molecular flexibility index (Phi) is 6.42. The molecule has 2 N–H and O–H groups in total. The third-order valence-electron chi connectivity index (χ3n) is 3.63. The van der Waals surface area contributed by atoms with E-state index in [1.54, 1.807) is 0 Å². The summed E-state index contributed by atoms with van der Waals surface area (Å²) in [5.74, 6) is -0.937. The molecule has 0 aromatic carbocycles. The number of nitrogens with one attached hydrogen (secondary N) is 1. The van der Waals surface area contributed by atoms with E-state index in [4.69, 9.17) is 9.84 Å². The summed E-state index contributed by atoms with van der Waals surface area (Å²) >= 11 is 0. The van der Waals surface area contributed by atoms with Crippen molar-refractivity contribution in [3.63, 3.8) is 0 Å². The number of carbonyl (C=O) groups excluding carboxylic acids is 1. The minimum Gasteiger partial charge on any atom is -0.480 e. The summed E-state index contributed by atoms with van der Waals surface area (Å²) in [4.78, 5) is 24.4. The molecular formula is C14H26N2O4. The third-order valence-corrected chi connectivity index (χ3v) is 3.63. The van der Waals surface area contributed by atoms with Crippen molar-refractivity contribution in [1.29, 1.82) is 0 Å². The smallest absolute Gasteiger partial charge is 0.329 e. The van der Waals surface area contributed by atoms with Crippen LogP contribution in [0.4, 0.5) is 0 Å². The first-order chi connectivity index (χ1) is 9.38. The van der Waals surface area contributed by atoms with Gasteiger partial charge in [0.1, 0.15) is 6.61 Å². The summed E-state index contributed by atoms with van der Waals surface area (Å²) in [5, 5.41) is 11.5. The van der Waals surface area contributed by atoms with Gasteiger partial charge in [0.25, 0.3) is 0 Å². The van der Waals surface area contributed by atoms with E-state index in [0.29, 0.717) is 13.1 Å². The fraction of sp³-hybridized carbons (Fsp3) is 0.857. The first-order valence-corrected chi connectivity index (χ1v) is 7.25. The van der Waals surface area contributed by atoms with Gasteiger partial charge < -0.3 is 15.2 Å². The van der Waals surface area contributed by atoms with Crippen LogP contribution in [0.3, 0.4) is 0 Å². The molecule has 1 amide bonds. The lowest BCUT2D eigenvalue weighted by molar-refractivity contribution is -0.171. The van der Waals surface area contributed by atoms with E-state index < -0.39 is 11.6 Å². The van der Waals surface area contributed by atoms with Gasteiger partial charge in [-0.15, -0.1) is 0 Å². The predicted octanol–water partition coefficient (Wildman–Crippen LogP) is 0.857. The van der Waals surface area contributed by atoms with E-state index in [0.717, 1.165) is 25.8 Å². The van der Waals surface area contributed by atoms with Crippen LogP contribution in [0.15, 0.2) is 0 Å². The number of rotatable bonds is 9. The van der Waals surface area contributed by atoms with Crippen LogP contribution in [-0.2, 0) is 14.3 Å². The molecule has 0 radical (unpaired) electrons. The van der Waals surface area contributed by atoms with E-state index in [9.17, 15) is 9.59 Å². The number of aliphatic carboxylic acids is 1. The minimum atomic E-state index is -0.966. The molecule has 1 rings (SSSR count). The average molecular weight is 286 g/mol. The fourth-order valence-electron chi connectivity index (χ4n) is 2.31. The van der Waals surface area contributed by atoms with Gasteiger partial charge in [-0.2, -0.15) is 0 Å². The highest BCUT2D eigenvalue weighted by molar-refractivity contribution is 5.81. The SMILES string of the molecule is CCCCCNC(=O)C(C)N1CC(C)(OCC(=O)O)C1. The summed E-state index contributed by atoms with van der Waals surface area (Å²) < 4.78 is 5.33. The molecule has 6 nitrogen and oxygen atoms in total. The molecule has 0 aromatic rings. The molecule has 1 aliphatic rings. The van der Waals surface area contributed by atoms with Crippen LogP contribution in [0, 0.1) is 0 Å². The molecule has 6 heteroatoms. The van der Waals surface area contributed by atoms with Crippen molar-refractivity contribution in [2.24, 2.45) is 0 Å². The Labute approximate surface area is 120 Å². The van der Waals surface area contributed by atoms with Gasteiger partial charge in [-0.1, -0.05) is 19.8 Å². The van der Waals surface area contributed by atoms with Crippen molar-refractivity contribution in [2.45, 2.75) is 51.7 Å². The maximum absolute atomic E-state index is 11.9. The molecule has 1 saturated heterocycles. The number of nitrogens with zero attached hydrogens (tertiary/aromatic N) is 1. The topological polar surface area (TPSA) is 78.9 Å². The molecule has 0 bridgehead atoms. The van der Waals surface area contributed by atoms with Gasteiger partial charge in [-0.05, 0) is 20.3 Å². The summed E-state index contributed by atoms with van der Waals surface area (Å²) in [6.45, 7) is 7.47. The zero-order chi connectivity index (χ0) is 15.2.